The second-order valence-corrected chi connectivity index (χ2v) is 8.74. The van der Waals surface area contributed by atoms with Gasteiger partial charge < -0.3 is 10.4 Å². The van der Waals surface area contributed by atoms with Crippen molar-refractivity contribution in [3.63, 3.8) is 0 Å². The summed E-state index contributed by atoms with van der Waals surface area (Å²) < 4.78 is 0.317. The molecule has 27 heavy (non-hydrogen) atoms. The number of halogens is 1. The molecule has 0 atom stereocenters. The van der Waals surface area contributed by atoms with Gasteiger partial charge in [-0.1, -0.05) is 35.8 Å². The third-order valence-electron chi connectivity index (χ3n) is 4.42. The van der Waals surface area contributed by atoms with E-state index in [1.807, 2.05) is 13.0 Å². The summed E-state index contributed by atoms with van der Waals surface area (Å²) in [6.07, 6.45) is 3.86. The zero-order chi connectivity index (χ0) is 19.6. The number of hydrogen-bond acceptors (Lipinski definition) is 5. The van der Waals surface area contributed by atoms with Crippen LogP contribution in [0.1, 0.15) is 52.1 Å². The first-order valence-electron chi connectivity index (χ1n) is 8.47. The highest BCUT2D eigenvalue weighted by molar-refractivity contribution is 9.11. The molecule has 0 radical (unpaired) electrons. The maximum atomic E-state index is 12.8. The van der Waals surface area contributed by atoms with Gasteiger partial charge in [0.2, 0.25) is 0 Å². The number of benzene rings is 1. The standard InChI is InChI=1S/C18H18BrN3O4S/c1-9-6-7-12(11(8-9)14(23)10-4-2-3-5-10)20-17(26)22-18-21-13(16(24)25)15(19)27-18/h6-8,10H,2-5H2,1H3,(H,24,25)(H2,20,21,22,26). The predicted octanol–water partition coefficient (Wildman–Crippen LogP) is 4.93. The molecule has 0 spiro atoms. The van der Waals surface area contributed by atoms with Gasteiger partial charge in [0.25, 0.3) is 0 Å². The zero-order valence-electron chi connectivity index (χ0n) is 14.5. The summed E-state index contributed by atoms with van der Waals surface area (Å²) >= 11 is 4.11. The van der Waals surface area contributed by atoms with E-state index in [9.17, 15) is 14.4 Å². The Kier molecular flexibility index (Phi) is 5.91. The number of aromatic carboxylic acids is 1. The molecular formula is C18H18BrN3O4S. The van der Waals surface area contributed by atoms with E-state index in [-0.39, 0.29) is 22.5 Å². The van der Waals surface area contributed by atoms with E-state index in [2.05, 4.69) is 31.5 Å². The molecule has 0 saturated heterocycles. The topological polar surface area (TPSA) is 108 Å². The normalized spacial score (nSPS) is 14.1. The van der Waals surface area contributed by atoms with Gasteiger partial charge in [-0.05, 0) is 47.8 Å². The minimum absolute atomic E-state index is 0.00320. The number of carbonyl (C=O) groups is 3. The number of rotatable bonds is 5. The van der Waals surface area contributed by atoms with E-state index >= 15 is 0 Å². The number of thiazole rings is 1. The summed E-state index contributed by atoms with van der Waals surface area (Å²) in [7, 11) is 0. The first-order valence-corrected chi connectivity index (χ1v) is 10.1. The number of amides is 2. The Morgan fingerprint density at radius 2 is 1.93 bits per heavy atom. The Labute approximate surface area is 168 Å². The van der Waals surface area contributed by atoms with E-state index in [4.69, 9.17) is 5.11 Å². The van der Waals surface area contributed by atoms with Gasteiger partial charge in [-0.3, -0.25) is 10.1 Å². The van der Waals surface area contributed by atoms with Crippen molar-refractivity contribution in [3.8, 4) is 0 Å². The number of Topliss-reactive ketones (excluding diaryl/α,β-unsaturated/α-hetero) is 1. The van der Waals surface area contributed by atoms with E-state index in [1.165, 1.54) is 0 Å². The fourth-order valence-corrected chi connectivity index (χ4v) is 4.51. The third kappa shape index (κ3) is 4.54. The van der Waals surface area contributed by atoms with Crippen molar-refractivity contribution in [2.75, 3.05) is 10.6 Å². The number of urea groups is 1. The second kappa shape index (κ2) is 8.18. The number of aryl methyl sites for hydroxylation is 1. The fourth-order valence-electron chi connectivity index (χ4n) is 3.12. The molecule has 142 valence electrons. The summed E-state index contributed by atoms with van der Waals surface area (Å²) in [5, 5.41) is 14.4. The highest BCUT2D eigenvalue weighted by Crippen LogP contribution is 2.31. The number of carboxylic acid groups (broad SMARTS) is 1. The molecule has 7 nitrogen and oxygen atoms in total. The average molecular weight is 452 g/mol. The lowest BCUT2D eigenvalue weighted by molar-refractivity contribution is 0.0690. The molecule has 1 aromatic heterocycles. The van der Waals surface area contributed by atoms with Crippen LogP contribution in [0.4, 0.5) is 15.6 Å². The third-order valence-corrected chi connectivity index (χ3v) is 6.04. The molecule has 9 heteroatoms. The fraction of sp³-hybridized carbons (Fsp3) is 0.333. The van der Waals surface area contributed by atoms with Gasteiger partial charge in [0.05, 0.1) is 5.69 Å². The van der Waals surface area contributed by atoms with Gasteiger partial charge in [0.1, 0.15) is 3.79 Å². The van der Waals surface area contributed by atoms with Crippen molar-refractivity contribution in [2.45, 2.75) is 32.6 Å². The lowest BCUT2D eigenvalue weighted by Crippen LogP contribution is -2.22. The molecule has 3 N–H and O–H groups in total. The van der Waals surface area contributed by atoms with Crippen LogP contribution in [0.2, 0.25) is 0 Å². The van der Waals surface area contributed by atoms with Gasteiger partial charge in [0, 0.05) is 11.5 Å². The van der Waals surface area contributed by atoms with Gasteiger partial charge in [-0.25, -0.2) is 14.6 Å². The average Bonchev–Trinajstić information content (AvgIpc) is 3.25. The smallest absolute Gasteiger partial charge is 0.356 e. The number of carbonyl (C=O) groups excluding carboxylic acids is 2. The molecule has 2 aromatic rings. The van der Waals surface area contributed by atoms with Crippen LogP contribution in [-0.4, -0.2) is 27.9 Å². The van der Waals surface area contributed by atoms with Crippen LogP contribution < -0.4 is 10.6 Å². The lowest BCUT2D eigenvalue weighted by atomic mass is 9.94. The van der Waals surface area contributed by atoms with Crippen LogP contribution in [0.15, 0.2) is 22.0 Å². The van der Waals surface area contributed by atoms with Crippen LogP contribution in [0.5, 0.6) is 0 Å². The highest BCUT2D eigenvalue weighted by Gasteiger charge is 2.26. The number of carboxylic acids is 1. The molecule has 0 bridgehead atoms. The summed E-state index contributed by atoms with van der Waals surface area (Å²) in [6, 6.07) is 4.73. The summed E-state index contributed by atoms with van der Waals surface area (Å²) in [5.74, 6) is -1.13. The van der Waals surface area contributed by atoms with Crippen LogP contribution >= 0.6 is 27.3 Å². The van der Waals surface area contributed by atoms with Crippen LogP contribution in [0, 0.1) is 12.8 Å². The number of nitrogens with zero attached hydrogens (tertiary/aromatic N) is 1. The van der Waals surface area contributed by atoms with Crippen molar-refractivity contribution < 1.29 is 19.5 Å². The van der Waals surface area contributed by atoms with Gasteiger partial charge in [0.15, 0.2) is 16.6 Å². The van der Waals surface area contributed by atoms with E-state index in [0.29, 0.717) is 15.0 Å². The van der Waals surface area contributed by atoms with Crippen molar-refractivity contribution in [1.29, 1.82) is 0 Å². The van der Waals surface area contributed by atoms with Crippen molar-refractivity contribution in [1.82, 2.24) is 4.98 Å². The van der Waals surface area contributed by atoms with Gasteiger partial charge in [-0.2, -0.15) is 0 Å². The predicted molar refractivity (Wildman–Crippen MR) is 107 cm³/mol. The Bertz CT molecular complexity index is 906. The van der Waals surface area contributed by atoms with E-state index < -0.39 is 12.0 Å². The molecule has 1 aliphatic rings. The number of hydrogen-bond donors (Lipinski definition) is 3. The highest BCUT2D eigenvalue weighted by atomic mass is 79.9. The summed E-state index contributed by atoms with van der Waals surface area (Å²) in [5.41, 5.74) is 1.72. The van der Waals surface area contributed by atoms with Crippen LogP contribution in [0.25, 0.3) is 0 Å². The number of anilines is 2. The first kappa shape index (κ1) is 19.5. The SMILES string of the molecule is Cc1ccc(NC(=O)Nc2nc(C(=O)O)c(Br)s2)c(C(=O)C2CCCC2)c1. The van der Waals surface area contributed by atoms with Crippen molar-refractivity contribution >= 4 is 55.9 Å². The molecule has 1 saturated carbocycles. The Balaban J connectivity index is 1.76. The van der Waals surface area contributed by atoms with Crippen LogP contribution in [0.3, 0.4) is 0 Å². The lowest BCUT2D eigenvalue weighted by Gasteiger charge is -2.14. The van der Waals surface area contributed by atoms with Crippen molar-refractivity contribution in [2.24, 2.45) is 5.92 Å². The maximum absolute atomic E-state index is 12.8. The quantitative estimate of drug-likeness (QED) is 0.558. The Morgan fingerprint density at radius 3 is 2.56 bits per heavy atom. The molecule has 2 amide bonds. The largest absolute Gasteiger partial charge is 0.476 e. The summed E-state index contributed by atoms with van der Waals surface area (Å²) in [6.45, 7) is 1.90. The molecule has 0 aliphatic heterocycles. The first-order chi connectivity index (χ1) is 12.8. The molecule has 1 fully saturated rings. The second-order valence-electron chi connectivity index (χ2n) is 6.42. The summed E-state index contributed by atoms with van der Waals surface area (Å²) in [4.78, 5) is 40.0. The molecular weight excluding hydrogens is 434 g/mol. The molecule has 1 aliphatic carbocycles. The minimum atomic E-state index is -1.19. The van der Waals surface area contributed by atoms with Crippen molar-refractivity contribution in [3.05, 3.63) is 38.8 Å². The zero-order valence-corrected chi connectivity index (χ0v) is 16.9. The monoisotopic (exact) mass is 451 g/mol. The molecule has 3 rings (SSSR count). The Morgan fingerprint density at radius 1 is 1.22 bits per heavy atom. The van der Waals surface area contributed by atoms with E-state index in [0.717, 1.165) is 42.6 Å². The van der Waals surface area contributed by atoms with Gasteiger partial charge >= 0.3 is 12.0 Å². The maximum Gasteiger partial charge on any atom is 0.356 e. The molecule has 0 unspecified atom stereocenters. The molecule has 1 heterocycles. The number of nitrogens with one attached hydrogen (secondary N) is 2. The van der Waals surface area contributed by atoms with E-state index in [1.54, 1.807) is 12.1 Å². The van der Waals surface area contributed by atoms with Gasteiger partial charge in [-0.15, -0.1) is 0 Å². The number of aromatic nitrogens is 1. The number of ketones is 1. The van der Waals surface area contributed by atoms with Crippen LogP contribution in [-0.2, 0) is 0 Å². The molecule has 1 aromatic carbocycles. The Hall–Kier alpha value is -2.26. The minimum Gasteiger partial charge on any atom is -0.476 e.